The quantitative estimate of drug-likeness (QED) is 0.646. The summed E-state index contributed by atoms with van der Waals surface area (Å²) in [5.41, 5.74) is 1.10. The van der Waals surface area contributed by atoms with Crippen molar-refractivity contribution in [2.75, 3.05) is 13.1 Å². The molecule has 3 amide bonds. The predicted molar refractivity (Wildman–Crippen MR) is 100 cm³/mol. The van der Waals surface area contributed by atoms with Gasteiger partial charge < -0.3 is 16.0 Å². The minimum absolute atomic E-state index is 0.236. The maximum absolute atomic E-state index is 12.8. The Hall–Kier alpha value is -2.31. The molecule has 138 valence electrons. The van der Waals surface area contributed by atoms with Crippen LogP contribution in [-0.2, 0) is 0 Å². The van der Waals surface area contributed by atoms with Gasteiger partial charge in [-0.15, -0.1) is 0 Å². The zero-order chi connectivity index (χ0) is 19.1. The molecule has 0 heterocycles. The second kappa shape index (κ2) is 9.40. The molecule has 0 aliphatic carbocycles. The molecule has 0 saturated carbocycles. The summed E-state index contributed by atoms with van der Waals surface area (Å²) in [6, 6.07) is 9.56. The summed E-state index contributed by atoms with van der Waals surface area (Å²) in [6.45, 7) is 2.27. The molecule has 26 heavy (non-hydrogen) atoms. The maximum atomic E-state index is 12.8. The summed E-state index contributed by atoms with van der Waals surface area (Å²) in [5, 5.41) is 9.01. The van der Waals surface area contributed by atoms with Crippen LogP contribution in [0.3, 0.4) is 0 Å². The number of rotatable bonds is 6. The summed E-state index contributed by atoms with van der Waals surface area (Å²) in [4.78, 5) is 23.8. The Morgan fingerprint density at radius 2 is 1.69 bits per heavy atom. The van der Waals surface area contributed by atoms with E-state index in [0.29, 0.717) is 15.6 Å². The van der Waals surface area contributed by atoms with Crippen molar-refractivity contribution in [1.29, 1.82) is 0 Å². The molecule has 0 bridgehead atoms. The van der Waals surface area contributed by atoms with Crippen molar-refractivity contribution in [3.05, 3.63) is 69.5 Å². The van der Waals surface area contributed by atoms with Crippen LogP contribution in [0.4, 0.5) is 9.18 Å². The van der Waals surface area contributed by atoms with Crippen molar-refractivity contribution in [2.45, 2.75) is 13.0 Å². The lowest BCUT2D eigenvalue weighted by atomic mass is 10.1. The molecule has 0 radical (unpaired) electrons. The molecule has 2 aromatic carbocycles. The fourth-order valence-corrected chi connectivity index (χ4v) is 2.81. The molecule has 2 aromatic rings. The number of nitrogens with one attached hydrogen (secondary N) is 3. The molecular weight excluding hydrogens is 380 g/mol. The predicted octanol–water partition coefficient (Wildman–Crippen LogP) is 3.92. The normalized spacial score (nSPS) is 11.5. The minimum Gasteiger partial charge on any atom is -0.350 e. The summed E-state index contributed by atoms with van der Waals surface area (Å²) in [7, 11) is 0. The smallest absolute Gasteiger partial charge is 0.315 e. The van der Waals surface area contributed by atoms with E-state index >= 15 is 0 Å². The van der Waals surface area contributed by atoms with Crippen molar-refractivity contribution in [3.8, 4) is 0 Å². The Labute approximate surface area is 160 Å². The third kappa shape index (κ3) is 5.89. The van der Waals surface area contributed by atoms with E-state index in [-0.39, 0.29) is 31.1 Å². The van der Waals surface area contributed by atoms with Gasteiger partial charge in [-0.2, -0.15) is 0 Å². The Morgan fingerprint density at radius 3 is 2.35 bits per heavy atom. The van der Waals surface area contributed by atoms with E-state index < -0.39 is 5.82 Å². The Balaban J connectivity index is 1.73. The lowest BCUT2D eigenvalue weighted by molar-refractivity contribution is 0.0953. The Bertz CT molecular complexity index is 785. The molecule has 2 rings (SSSR count). The van der Waals surface area contributed by atoms with Gasteiger partial charge in [0.1, 0.15) is 5.82 Å². The number of halogens is 3. The average molecular weight is 398 g/mol. The van der Waals surface area contributed by atoms with E-state index in [1.54, 1.807) is 25.1 Å². The van der Waals surface area contributed by atoms with Crippen LogP contribution in [0.25, 0.3) is 0 Å². The largest absolute Gasteiger partial charge is 0.350 e. The minimum atomic E-state index is -0.408. The molecule has 0 aromatic heterocycles. The van der Waals surface area contributed by atoms with Gasteiger partial charge in [0, 0.05) is 28.7 Å². The van der Waals surface area contributed by atoms with Crippen molar-refractivity contribution in [2.24, 2.45) is 0 Å². The van der Waals surface area contributed by atoms with E-state index in [9.17, 15) is 14.0 Å². The van der Waals surface area contributed by atoms with Crippen LogP contribution < -0.4 is 16.0 Å². The van der Waals surface area contributed by atoms with Gasteiger partial charge in [0.2, 0.25) is 0 Å². The summed E-state index contributed by atoms with van der Waals surface area (Å²) in [5.74, 6) is -0.747. The molecule has 0 saturated heterocycles. The average Bonchev–Trinajstić information content (AvgIpc) is 2.59. The van der Waals surface area contributed by atoms with E-state index in [0.717, 1.165) is 5.56 Å². The number of hydrogen-bond donors (Lipinski definition) is 3. The molecule has 0 aliphatic rings. The second-order valence-electron chi connectivity index (χ2n) is 5.55. The first-order chi connectivity index (χ1) is 12.4. The lowest BCUT2D eigenvalue weighted by Crippen LogP contribution is -2.41. The molecule has 0 fully saturated rings. The number of carbonyl (C=O) groups is 2. The lowest BCUT2D eigenvalue weighted by Gasteiger charge is -2.16. The van der Waals surface area contributed by atoms with Gasteiger partial charge >= 0.3 is 6.03 Å². The van der Waals surface area contributed by atoms with Crippen LogP contribution >= 0.6 is 23.2 Å². The first-order valence-electron chi connectivity index (χ1n) is 7.90. The van der Waals surface area contributed by atoms with E-state index in [1.807, 2.05) is 0 Å². The SMILES string of the molecule is CC(NC(=O)NCCNC(=O)c1ccc(F)cc1)c1ccc(Cl)cc1Cl. The van der Waals surface area contributed by atoms with E-state index in [4.69, 9.17) is 23.2 Å². The van der Waals surface area contributed by atoms with Crippen LogP contribution in [0, 0.1) is 5.82 Å². The highest BCUT2D eigenvalue weighted by Crippen LogP contribution is 2.25. The topological polar surface area (TPSA) is 70.2 Å². The number of hydrogen-bond acceptors (Lipinski definition) is 2. The zero-order valence-electron chi connectivity index (χ0n) is 14.0. The summed E-state index contributed by atoms with van der Waals surface area (Å²) < 4.78 is 12.8. The standard InChI is InChI=1S/C18H18Cl2FN3O2/c1-11(15-7-4-13(19)10-16(15)20)24-18(26)23-9-8-22-17(25)12-2-5-14(21)6-3-12/h2-7,10-11H,8-9H2,1H3,(H,22,25)(H2,23,24,26). The van der Waals surface area contributed by atoms with Gasteiger partial charge in [0.25, 0.3) is 5.91 Å². The maximum Gasteiger partial charge on any atom is 0.315 e. The monoisotopic (exact) mass is 397 g/mol. The van der Waals surface area contributed by atoms with Crippen LogP contribution in [0.1, 0.15) is 28.9 Å². The molecule has 1 atom stereocenters. The highest BCUT2D eigenvalue weighted by atomic mass is 35.5. The first kappa shape index (κ1) is 20.0. The summed E-state index contributed by atoms with van der Waals surface area (Å²) >= 11 is 12.0. The number of benzene rings is 2. The molecular formula is C18H18Cl2FN3O2. The van der Waals surface area contributed by atoms with Gasteiger partial charge in [-0.3, -0.25) is 4.79 Å². The van der Waals surface area contributed by atoms with Crippen molar-refractivity contribution in [1.82, 2.24) is 16.0 Å². The third-order valence-electron chi connectivity index (χ3n) is 3.58. The summed E-state index contributed by atoms with van der Waals surface area (Å²) in [6.07, 6.45) is 0. The molecule has 0 spiro atoms. The highest BCUT2D eigenvalue weighted by molar-refractivity contribution is 6.35. The molecule has 5 nitrogen and oxygen atoms in total. The van der Waals surface area contributed by atoms with Crippen LogP contribution in [-0.4, -0.2) is 25.0 Å². The van der Waals surface area contributed by atoms with Crippen molar-refractivity contribution < 1.29 is 14.0 Å². The number of urea groups is 1. The Kier molecular flexibility index (Phi) is 7.24. The van der Waals surface area contributed by atoms with Gasteiger partial charge in [-0.25, -0.2) is 9.18 Å². The second-order valence-corrected chi connectivity index (χ2v) is 6.39. The molecule has 1 unspecified atom stereocenters. The van der Waals surface area contributed by atoms with Crippen LogP contribution in [0.15, 0.2) is 42.5 Å². The van der Waals surface area contributed by atoms with Gasteiger partial charge in [-0.1, -0.05) is 29.3 Å². The molecule has 3 N–H and O–H groups in total. The molecule has 8 heteroatoms. The van der Waals surface area contributed by atoms with E-state index in [1.165, 1.54) is 24.3 Å². The Morgan fingerprint density at radius 1 is 1.04 bits per heavy atom. The van der Waals surface area contributed by atoms with Crippen LogP contribution in [0.2, 0.25) is 10.0 Å². The highest BCUT2D eigenvalue weighted by Gasteiger charge is 2.13. The van der Waals surface area contributed by atoms with E-state index in [2.05, 4.69) is 16.0 Å². The zero-order valence-corrected chi connectivity index (χ0v) is 15.5. The van der Waals surface area contributed by atoms with Crippen molar-refractivity contribution in [3.63, 3.8) is 0 Å². The van der Waals surface area contributed by atoms with Crippen molar-refractivity contribution >= 4 is 35.1 Å². The van der Waals surface area contributed by atoms with Gasteiger partial charge in [0.05, 0.1) is 6.04 Å². The number of carbonyl (C=O) groups excluding carboxylic acids is 2. The third-order valence-corrected chi connectivity index (χ3v) is 4.14. The van der Waals surface area contributed by atoms with Gasteiger partial charge in [-0.05, 0) is 48.9 Å². The fraction of sp³-hybridized carbons (Fsp3) is 0.222. The van der Waals surface area contributed by atoms with Crippen LogP contribution in [0.5, 0.6) is 0 Å². The number of amides is 3. The fourth-order valence-electron chi connectivity index (χ4n) is 2.23. The molecule has 0 aliphatic heterocycles. The first-order valence-corrected chi connectivity index (χ1v) is 8.65. The van der Waals surface area contributed by atoms with Gasteiger partial charge in [0.15, 0.2) is 0 Å².